The molecule has 1 saturated carbocycles. The van der Waals surface area contributed by atoms with E-state index in [0.29, 0.717) is 24.4 Å². The smallest absolute Gasteiger partial charge is 0.236 e. The second-order valence-corrected chi connectivity index (χ2v) is 5.43. The highest BCUT2D eigenvalue weighted by Crippen LogP contribution is 2.41. The van der Waals surface area contributed by atoms with E-state index >= 15 is 0 Å². The molecule has 0 bridgehead atoms. The summed E-state index contributed by atoms with van der Waals surface area (Å²) in [6.45, 7) is 5.84. The maximum Gasteiger partial charge on any atom is 0.236 e. The van der Waals surface area contributed by atoms with Crippen LogP contribution in [0.1, 0.15) is 50.1 Å². The summed E-state index contributed by atoms with van der Waals surface area (Å²) < 4.78 is 7.68. The Kier molecular flexibility index (Phi) is 3.87. The van der Waals surface area contributed by atoms with Crippen molar-refractivity contribution >= 4 is 0 Å². The largest absolute Gasteiger partial charge is 0.423 e. The fourth-order valence-electron chi connectivity index (χ4n) is 2.60. The molecule has 0 spiro atoms. The predicted octanol–water partition coefficient (Wildman–Crippen LogP) is 2.54. The van der Waals surface area contributed by atoms with E-state index in [1.165, 1.54) is 18.4 Å². The van der Waals surface area contributed by atoms with Crippen molar-refractivity contribution in [3.05, 3.63) is 35.8 Å². The van der Waals surface area contributed by atoms with Crippen LogP contribution in [0.5, 0.6) is 0 Å². The van der Waals surface area contributed by atoms with Crippen molar-refractivity contribution in [2.24, 2.45) is 5.92 Å². The SMILES string of the molecule is CCNC(c1ccn(Cc2nnc(CC)o2)c1)C1CC1. The molecular formula is C15H22N4O. The molecule has 2 aromatic heterocycles. The van der Waals surface area contributed by atoms with E-state index in [-0.39, 0.29) is 0 Å². The summed E-state index contributed by atoms with van der Waals surface area (Å²) in [6.07, 6.45) is 7.76. The third-order valence-corrected chi connectivity index (χ3v) is 3.78. The molecule has 1 fully saturated rings. The van der Waals surface area contributed by atoms with Gasteiger partial charge in [0.15, 0.2) is 0 Å². The Balaban J connectivity index is 1.69. The van der Waals surface area contributed by atoms with Gasteiger partial charge in [0.1, 0.15) is 6.54 Å². The van der Waals surface area contributed by atoms with Gasteiger partial charge >= 0.3 is 0 Å². The van der Waals surface area contributed by atoms with Crippen molar-refractivity contribution in [3.8, 4) is 0 Å². The van der Waals surface area contributed by atoms with Gasteiger partial charge in [-0.05, 0) is 36.9 Å². The number of hydrogen-bond donors (Lipinski definition) is 1. The second-order valence-electron chi connectivity index (χ2n) is 5.43. The predicted molar refractivity (Wildman–Crippen MR) is 76.4 cm³/mol. The number of nitrogens with one attached hydrogen (secondary N) is 1. The zero-order valence-corrected chi connectivity index (χ0v) is 12.2. The summed E-state index contributed by atoms with van der Waals surface area (Å²) in [5.74, 6) is 2.19. The molecular weight excluding hydrogens is 252 g/mol. The number of rotatable bonds is 7. The molecule has 2 heterocycles. The van der Waals surface area contributed by atoms with E-state index in [1.54, 1.807) is 0 Å². The Hall–Kier alpha value is -1.62. The van der Waals surface area contributed by atoms with E-state index in [1.807, 2.05) is 6.92 Å². The number of nitrogens with zero attached hydrogens (tertiary/aromatic N) is 3. The lowest BCUT2D eigenvalue weighted by Crippen LogP contribution is -2.22. The molecule has 1 aliphatic rings. The fourth-order valence-corrected chi connectivity index (χ4v) is 2.60. The summed E-state index contributed by atoms with van der Waals surface area (Å²) >= 11 is 0. The van der Waals surface area contributed by atoms with Crippen molar-refractivity contribution in [2.75, 3.05) is 6.54 Å². The van der Waals surface area contributed by atoms with Gasteiger partial charge in [-0.15, -0.1) is 10.2 Å². The average Bonchev–Trinajstić information content (AvgIpc) is 3.02. The first-order chi connectivity index (χ1) is 9.80. The zero-order chi connectivity index (χ0) is 13.9. The molecule has 0 radical (unpaired) electrons. The maximum atomic E-state index is 5.56. The molecule has 1 unspecified atom stereocenters. The van der Waals surface area contributed by atoms with E-state index in [2.05, 4.69) is 45.5 Å². The maximum absolute atomic E-state index is 5.56. The Morgan fingerprint density at radius 1 is 1.35 bits per heavy atom. The zero-order valence-electron chi connectivity index (χ0n) is 12.2. The molecule has 1 aliphatic carbocycles. The van der Waals surface area contributed by atoms with Crippen LogP contribution >= 0.6 is 0 Å². The molecule has 0 saturated heterocycles. The van der Waals surface area contributed by atoms with Gasteiger partial charge in [0, 0.05) is 24.9 Å². The Morgan fingerprint density at radius 3 is 2.80 bits per heavy atom. The van der Waals surface area contributed by atoms with Gasteiger partial charge in [0.25, 0.3) is 0 Å². The number of aromatic nitrogens is 3. The van der Waals surface area contributed by atoms with Crippen LogP contribution in [-0.4, -0.2) is 21.3 Å². The highest BCUT2D eigenvalue weighted by molar-refractivity contribution is 5.18. The van der Waals surface area contributed by atoms with Crippen molar-refractivity contribution in [3.63, 3.8) is 0 Å². The average molecular weight is 274 g/mol. The van der Waals surface area contributed by atoms with Crippen LogP contribution in [0, 0.1) is 5.92 Å². The molecule has 20 heavy (non-hydrogen) atoms. The van der Waals surface area contributed by atoms with Crippen molar-refractivity contribution < 1.29 is 4.42 Å². The first-order valence-corrected chi connectivity index (χ1v) is 7.50. The van der Waals surface area contributed by atoms with Crippen LogP contribution < -0.4 is 5.32 Å². The normalized spacial score (nSPS) is 16.5. The lowest BCUT2D eigenvalue weighted by atomic mass is 10.1. The minimum atomic E-state index is 0.495. The molecule has 5 heteroatoms. The first-order valence-electron chi connectivity index (χ1n) is 7.50. The summed E-state index contributed by atoms with van der Waals surface area (Å²) in [4.78, 5) is 0. The van der Waals surface area contributed by atoms with E-state index in [0.717, 1.165) is 18.9 Å². The third kappa shape index (κ3) is 2.93. The monoisotopic (exact) mass is 274 g/mol. The van der Waals surface area contributed by atoms with Gasteiger partial charge in [0.2, 0.25) is 11.8 Å². The van der Waals surface area contributed by atoms with Gasteiger partial charge in [-0.2, -0.15) is 0 Å². The molecule has 5 nitrogen and oxygen atoms in total. The lowest BCUT2D eigenvalue weighted by molar-refractivity contribution is 0.442. The van der Waals surface area contributed by atoms with Gasteiger partial charge in [-0.3, -0.25) is 0 Å². The van der Waals surface area contributed by atoms with Crippen LogP contribution in [0.3, 0.4) is 0 Å². The van der Waals surface area contributed by atoms with Crippen LogP contribution in [0.25, 0.3) is 0 Å². The van der Waals surface area contributed by atoms with E-state index < -0.39 is 0 Å². The van der Waals surface area contributed by atoms with Crippen LogP contribution in [0.15, 0.2) is 22.9 Å². The standard InChI is InChI=1S/C15H22N4O/c1-3-13-17-18-14(20-13)10-19-8-7-12(9-19)15(16-4-2)11-5-6-11/h7-9,11,15-16H,3-6,10H2,1-2H3. The summed E-state index contributed by atoms with van der Waals surface area (Å²) in [5, 5.41) is 11.7. The molecule has 0 aliphatic heterocycles. The minimum absolute atomic E-state index is 0.495. The summed E-state index contributed by atoms with van der Waals surface area (Å²) in [6, 6.07) is 2.69. The fraction of sp³-hybridized carbons (Fsp3) is 0.600. The quantitative estimate of drug-likeness (QED) is 0.843. The molecule has 1 N–H and O–H groups in total. The van der Waals surface area contributed by atoms with Crippen molar-refractivity contribution in [1.29, 1.82) is 0 Å². The number of aryl methyl sites for hydroxylation is 1. The Labute approximate surface area is 119 Å². The van der Waals surface area contributed by atoms with Crippen molar-refractivity contribution in [1.82, 2.24) is 20.1 Å². The molecule has 3 rings (SSSR count). The van der Waals surface area contributed by atoms with Crippen LogP contribution in [0.2, 0.25) is 0 Å². The van der Waals surface area contributed by atoms with Gasteiger partial charge in [-0.1, -0.05) is 13.8 Å². The Bertz CT molecular complexity index is 556. The molecule has 0 aromatic carbocycles. The first kappa shape index (κ1) is 13.4. The third-order valence-electron chi connectivity index (χ3n) is 3.78. The number of hydrogen-bond acceptors (Lipinski definition) is 4. The van der Waals surface area contributed by atoms with Gasteiger partial charge < -0.3 is 14.3 Å². The molecule has 0 amide bonds. The highest BCUT2D eigenvalue weighted by atomic mass is 16.4. The van der Waals surface area contributed by atoms with Gasteiger partial charge in [-0.25, -0.2) is 0 Å². The topological polar surface area (TPSA) is 55.9 Å². The molecule has 2 aromatic rings. The lowest BCUT2D eigenvalue weighted by Gasteiger charge is -2.15. The highest BCUT2D eigenvalue weighted by Gasteiger charge is 2.32. The van der Waals surface area contributed by atoms with Crippen LogP contribution in [-0.2, 0) is 13.0 Å². The van der Waals surface area contributed by atoms with Crippen LogP contribution in [0.4, 0.5) is 0 Å². The second kappa shape index (κ2) is 5.79. The van der Waals surface area contributed by atoms with E-state index in [9.17, 15) is 0 Å². The molecule has 108 valence electrons. The van der Waals surface area contributed by atoms with E-state index in [4.69, 9.17) is 4.42 Å². The summed E-state index contributed by atoms with van der Waals surface area (Å²) in [5.41, 5.74) is 1.37. The Morgan fingerprint density at radius 2 is 2.15 bits per heavy atom. The molecule has 1 atom stereocenters. The summed E-state index contributed by atoms with van der Waals surface area (Å²) in [7, 11) is 0. The van der Waals surface area contributed by atoms with Gasteiger partial charge in [0.05, 0.1) is 0 Å². The van der Waals surface area contributed by atoms with Crippen molar-refractivity contribution in [2.45, 2.75) is 45.7 Å². The minimum Gasteiger partial charge on any atom is -0.423 e.